The zero-order chi connectivity index (χ0) is 12.8. The van der Waals surface area contributed by atoms with Gasteiger partial charge in [0.05, 0.1) is 5.41 Å². The molecule has 0 saturated heterocycles. The van der Waals surface area contributed by atoms with Crippen molar-refractivity contribution < 1.29 is 4.79 Å². The van der Waals surface area contributed by atoms with Crippen LogP contribution in [0.3, 0.4) is 0 Å². The zero-order valence-electron chi connectivity index (χ0n) is 11.4. The van der Waals surface area contributed by atoms with Crippen LogP contribution in [0.25, 0.3) is 0 Å². The third-order valence-electron chi connectivity index (χ3n) is 3.84. The largest absolute Gasteiger partial charge is 0.354 e. The van der Waals surface area contributed by atoms with Crippen LogP contribution in [0, 0.1) is 5.41 Å². The molecule has 0 bridgehead atoms. The first-order valence-electron chi connectivity index (χ1n) is 6.74. The first-order chi connectivity index (χ1) is 8.77. The van der Waals surface area contributed by atoms with Gasteiger partial charge in [-0.3, -0.25) is 4.79 Å². The predicted molar refractivity (Wildman–Crippen MR) is 80.6 cm³/mol. The molecule has 1 aliphatic carbocycles. The van der Waals surface area contributed by atoms with Crippen LogP contribution in [-0.4, -0.2) is 26.0 Å². The van der Waals surface area contributed by atoms with Gasteiger partial charge in [-0.15, -0.1) is 12.4 Å². The van der Waals surface area contributed by atoms with Crippen molar-refractivity contribution >= 4 is 18.3 Å². The summed E-state index contributed by atoms with van der Waals surface area (Å²) >= 11 is 0. The summed E-state index contributed by atoms with van der Waals surface area (Å²) in [6.07, 6.45) is 4.09. The van der Waals surface area contributed by atoms with E-state index in [2.05, 4.69) is 22.8 Å². The van der Waals surface area contributed by atoms with Gasteiger partial charge in [-0.2, -0.15) is 0 Å². The second-order valence-corrected chi connectivity index (χ2v) is 5.16. The van der Waals surface area contributed by atoms with E-state index in [1.165, 1.54) is 12.0 Å². The Morgan fingerprint density at radius 2 is 1.89 bits per heavy atom. The molecule has 1 aliphatic rings. The van der Waals surface area contributed by atoms with Gasteiger partial charge in [0, 0.05) is 13.1 Å². The number of carbonyl (C=O) groups is 1. The molecule has 3 nitrogen and oxygen atoms in total. The van der Waals surface area contributed by atoms with E-state index in [4.69, 9.17) is 0 Å². The summed E-state index contributed by atoms with van der Waals surface area (Å²) < 4.78 is 0. The van der Waals surface area contributed by atoms with Crippen LogP contribution in [0.5, 0.6) is 0 Å². The van der Waals surface area contributed by atoms with Crippen LogP contribution in [0.4, 0.5) is 0 Å². The standard InChI is InChI=1S/C15H22N2O.ClH/c1-16-10-11-17-14(18)15(8-5-9-15)12-13-6-3-2-4-7-13;/h2-4,6-7,16H,5,8-12H2,1H3,(H,17,18);1H. The highest BCUT2D eigenvalue weighted by Gasteiger charge is 2.43. The van der Waals surface area contributed by atoms with Gasteiger partial charge in [-0.05, 0) is 31.9 Å². The quantitative estimate of drug-likeness (QED) is 0.785. The van der Waals surface area contributed by atoms with Gasteiger partial charge in [0.15, 0.2) is 0 Å². The molecule has 1 fully saturated rings. The maximum Gasteiger partial charge on any atom is 0.226 e. The fourth-order valence-electron chi connectivity index (χ4n) is 2.56. The molecule has 0 unspecified atom stereocenters. The van der Waals surface area contributed by atoms with Crippen molar-refractivity contribution in [2.75, 3.05) is 20.1 Å². The molecule has 0 atom stereocenters. The third-order valence-corrected chi connectivity index (χ3v) is 3.84. The maximum atomic E-state index is 12.3. The number of carbonyl (C=O) groups excluding carboxylic acids is 1. The van der Waals surface area contributed by atoms with Crippen LogP contribution >= 0.6 is 12.4 Å². The molecule has 106 valence electrons. The maximum absolute atomic E-state index is 12.3. The van der Waals surface area contributed by atoms with Crippen molar-refractivity contribution in [3.8, 4) is 0 Å². The van der Waals surface area contributed by atoms with E-state index in [-0.39, 0.29) is 23.7 Å². The first-order valence-corrected chi connectivity index (χ1v) is 6.74. The molecule has 19 heavy (non-hydrogen) atoms. The van der Waals surface area contributed by atoms with Gasteiger partial charge in [-0.1, -0.05) is 36.8 Å². The number of halogens is 1. The van der Waals surface area contributed by atoms with Crippen molar-refractivity contribution in [2.24, 2.45) is 5.41 Å². The predicted octanol–water partition coefficient (Wildman–Crippen LogP) is 2.16. The fourth-order valence-corrected chi connectivity index (χ4v) is 2.56. The van der Waals surface area contributed by atoms with E-state index >= 15 is 0 Å². The van der Waals surface area contributed by atoms with E-state index in [1.807, 2.05) is 25.2 Å². The van der Waals surface area contributed by atoms with Crippen LogP contribution in [0.15, 0.2) is 30.3 Å². The number of likely N-dealkylation sites (N-methyl/N-ethyl adjacent to an activating group) is 1. The lowest BCUT2D eigenvalue weighted by Crippen LogP contribution is -2.48. The molecular weight excluding hydrogens is 260 g/mol. The van der Waals surface area contributed by atoms with Crippen molar-refractivity contribution in [3.05, 3.63) is 35.9 Å². The summed E-state index contributed by atoms with van der Waals surface area (Å²) in [5.74, 6) is 0.229. The Balaban J connectivity index is 0.00000180. The molecule has 1 saturated carbocycles. The lowest BCUT2D eigenvalue weighted by molar-refractivity contribution is -0.135. The molecule has 0 aliphatic heterocycles. The second-order valence-electron chi connectivity index (χ2n) is 5.16. The number of hydrogen-bond acceptors (Lipinski definition) is 2. The molecule has 2 rings (SSSR count). The van der Waals surface area contributed by atoms with Gasteiger partial charge in [-0.25, -0.2) is 0 Å². The second kappa shape index (κ2) is 7.51. The smallest absolute Gasteiger partial charge is 0.226 e. The summed E-state index contributed by atoms with van der Waals surface area (Å²) in [6, 6.07) is 10.3. The Kier molecular flexibility index (Phi) is 6.32. The van der Waals surface area contributed by atoms with Gasteiger partial charge in [0.1, 0.15) is 0 Å². The Morgan fingerprint density at radius 3 is 2.42 bits per heavy atom. The number of rotatable bonds is 6. The lowest BCUT2D eigenvalue weighted by atomic mass is 9.64. The number of benzene rings is 1. The summed E-state index contributed by atoms with van der Waals surface area (Å²) in [5.41, 5.74) is 1.12. The summed E-state index contributed by atoms with van der Waals surface area (Å²) in [4.78, 5) is 12.3. The number of amides is 1. The van der Waals surface area contributed by atoms with Crippen LogP contribution in [0.2, 0.25) is 0 Å². The molecule has 0 heterocycles. The molecule has 1 amide bonds. The zero-order valence-corrected chi connectivity index (χ0v) is 12.3. The highest BCUT2D eigenvalue weighted by atomic mass is 35.5. The van der Waals surface area contributed by atoms with Crippen molar-refractivity contribution in [3.63, 3.8) is 0 Å². The molecule has 0 radical (unpaired) electrons. The third kappa shape index (κ3) is 3.95. The molecule has 0 aromatic heterocycles. The first kappa shape index (κ1) is 16.0. The van der Waals surface area contributed by atoms with Crippen molar-refractivity contribution in [2.45, 2.75) is 25.7 Å². The van der Waals surface area contributed by atoms with Crippen molar-refractivity contribution in [1.82, 2.24) is 10.6 Å². The van der Waals surface area contributed by atoms with E-state index in [0.29, 0.717) is 6.54 Å². The van der Waals surface area contributed by atoms with Gasteiger partial charge < -0.3 is 10.6 Å². The van der Waals surface area contributed by atoms with E-state index in [0.717, 1.165) is 25.8 Å². The summed E-state index contributed by atoms with van der Waals surface area (Å²) in [5, 5.41) is 6.09. The Labute approximate surface area is 121 Å². The summed E-state index contributed by atoms with van der Waals surface area (Å²) in [7, 11) is 1.90. The monoisotopic (exact) mass is 282 g/mol. The fraction of sp³-hybridized carbons (Fsp3) is 0.533. The lowest BCUT2D eigenvalue weighted by Gasteiger charge is -2.40. The molecule has 1 aromatic rings. The average molecular weight is 283 g/mol. The molecule has 4 heteroatoms. The van der Waals surface area contributed by atoms with Crippen molar-refractivity contribution in [1.29, 1.82) is 0 Å². The van der Waals surface area contributed by atoms with Crippen LogP contribution in [0.1, 0.15) is 24.8 Å². The minimum Gasteiger partial charge on any atom is -0.354 e. The molecular formula is C15H23ClN2O. The van der Waals surface area contributed by atoms with Crippen LogP contribution in [-0.2, 0) is 11.2 Å². The highest BCUT2D eigenvalue weighted by Crippen LogP contribution is 2.43. The topological polar surface area (TPSA) is 41.1 Å². The van der Waals surface area contributed by atoms with Gasteiger partial charge in [0.25, 0.3) is 0 Å². The summed E-state index contributed by atoms with van der Waals surface area (Å²) in [6.45, 7) is 1.54. The Morgan fingerprint density at radius 1 is 1.21 bits per heavy atom. The highest BCUT2D eigenvalue weighted by molar-refractivity contribution is 5.85. The van der Waals surface area contributed by atoms with Gasteiger partial charge in [0.2, 0.25) is 5.91 Å². The van der Waals surface area contributed by atoms with E-state index in [9.17, 15) is 4.79 Å². The molecule has 2 N–H and O–H groups in total. The Bertz CT molecular complexity index is 390. The Hall–Kier alpha value is -1.06. The number of nitrogens with one attached hydrogen (secondary N) is 2. The minimum absolute atomic E-state index is 0. The molecule has 0 spiro atoms. The SMILES string of the molecule is CNCCNC(=O)C1(Cc2ccccc2)CCC1.Cl. The average Bonchev–Trinajstić information content (AvgIpc) is 2.35. The number of hydrogen-bond donors (Lipinski definition) is 2. The van der Waals surface area contributed by atoms with E-state index in [1.54, 1.807) is 0 Å². The minimum atomic E-state index is -0.144. The van der Waals surface area contributed by atoms with E-state index < -0.39 is 0 Å². The normalized spacial score (nSPS) is 16.1. The molecule has 1 aromatic carbocycles. The van der Waals surface area contributed by atoms with Crippen LogP contribution < -0.4 is 10.6 Å². The van der Waals surface area contributed by atoms with Gasteiger partial charge >= 0.3 is 0 Å².